The summed E-state index contributed by atoms with van der Waals surface area (Å²) in [5, 5.41) is 8.28. The molecular weight excluding hydrogens is 316 g/mol. The predicted octanol–water partition coefficient (Wildman–Crippen LogP) is 2.76. The van der Waals surface area contributed by atoms with Crippen molar-refractivity contribution in [3.8, 4) is 5.88 Å². The molecule has 1 saturated heterocycles. The van der Waals surface area contributed by atoms with Crippen LogP contribution in [0.25, 0.3) is 0 Å². The maximum atomic E-state index is 12.9. The number of aromatic nitrogens is 3. The lowest BCUT2D eigenvalue weighted by Gasteiger charge is -2.34. The lowest BCUT2D eigenvalue weighted by molar-refractivity contribution is 0.0613. The number of ether oxygens (including phenoxy) is 1. The largest absolute Gasteiger partial charge is 0.479 e. The van der Waals surface area contributed by atoms with Gasteiger partial charge in [0.15, 0.2) is 0 Å². The Morgan fingerprint density at radius 2 is 1.84 bits per heavy atom. The molecule has 6 heteroatoms. The highest BCUT2D eigenvalue weighted by atomic mass is 16.5. The molecule has 1 aromatic heterocycles. The van der Waals surface area contributed by atoms with Crippen LogP contribution in [0.5, 0.6) is 5.88 Å². The van der Waals surface area contributed by atoms with Crippen LogP contribution in [0.3, 0.4) is 0 Å². The third-order valence-corrected chi connectivity index (χ3v) is 4.69. The molecule has 3 rings (SSSR count). The molecule has 134 valence electrons. The molecule has 1 aliphatic heterocycles. The van der Waals surface area contributed by atoms with Gasteiger partial charge in [0, 0.05) is 13.1 Å². The first-order valence-corrected chi connectivity index (χ1v) is 8.80. The molecule has 2 aromatic rings. The molecule has 0 aliphatic carbocycles. The Balaban J connectivity index is 1.81. The summed E-state index contributed by atoms with van der Waals surface area (Å²) in [5.41, 5.74) is 2.60. The number of hydrogen-bond acceptors (Lipinski definition) is 4. The minimum absolute atomic E-state index is 0.0922. The van der Waals surface area contributed by atoms with Crippen LogP contribution >= 0.6 is 0 Å². The number of amides is 1. The first-order valence-electron chi connectivity index (χ1n) is 8.80. The number of nitrogens with zero attached hydrogens (tertiary/aromatic N) is 4. The fourth-order valence-electron chi connectivity index (χ4n) is 3.59. The van der Waals surface area contributed by atoms with Crippen molar-refractivity contribution in [2.24, 2.45) is 11.8 Å². The summed E-state index contributed by atoms with van der Waals surface area (Å²) in [7, 11) is 1.56. The third kappa shape index (κ3) is 3.83. The second-order valence-electron chi connectivity index (χ2n) is 7.25. The second kappa shape index (κ2) is 7.25. The zero-order valence-electron chi connectivity index (χ0n) is 15.4. The molecule has 0 saturated carbocycles. The third-order valence-electron chi connectivity index (χ3n) is 4.69. The van der Waals surface area contributed by atoms with Gasteiger partial charge in [-0.15, -0.1) is 5.10 Å². The number of carbonyl (C=O) groups is 1. The average molecular weight is 342 g/mol. The summed E-state index contributed by atoms with van der Waals surface area (Å²) < 4.78 is 7.12. The monoisotopic (exact) mass is 342 g/mol. The predicted molar refractivity (Wildman–Crippen MR) is 95.7 cm³/mol. The van der Waals surface area contributed by atoms with E-state index >= 15 is 0 Å². The molecule has 1 fully saturated rings. The van der Waals surface area contributed by atoms with Crippen molar-refractivity contribution in [3.63, 3.8) is 0 Å². The molecule has 2 heterocycles. The summed E-state index contributed by atoms with van der Waals surface area (Å²) in [6, 6.07) is 8.21. The number of benzene rings is 1. The van der Waals surface area contributed by atoms with E-state index in [0.717, 1.165) is 25.1 Å². The standard InChI is InChI=1S/C19H26N4O2/c1-13-5-7-16(8-6-13)12-23-19(25-4)17(20-21-23)18(24)22-10-14(2)9-15(3)11-22/h5-8,14-15H,9-12H2,1-4H3/t14-,15-/m0/s1. The number of carbonyl (C=O) groups excluding carboxylic acids is 1. The summed E-state index contributed by atoms with van der Waals surface area (Å²) in [4.78, 5) is 14.8. The van der Waals surface area contributed by atoms with Gasteiger partial charge < -0.3 is 9.64 Å². The van der Waals surface area contributed by atoms with Gasteiger partial charge in [-0.3, -0.25) is 4.79 Å². The van der Waals surface area contributed by atoms with Crippen LogP contribution in [0.1, 0.15) is 41.9 Å². The smallest absolute Gasteiger partial charge is 0.280 e. The molecule has 0 unspecified atom stereocenters. The number of rotatable bonds is 4. The molecule has 25 heavy (non-hydrogen) atoms. The van der Waals surface area contributed by atoms with Crippen LogP contribution in [0.15, 0.2) is 24.3 Å². The van der Waals surface area contributed by atoms with Gasteiger partial charge in [0.25, 0.3) is 5.91 Å². The van der Waals surface area contributed by atoms with E-state index in [-0.39, 0.29) is 5.91 Å². The maximum absolute atomic E-state index is 12.9. The quantitative estimate of drug-likeness (QED) is 0.857. The lowest BCUT2D eigenvalue weighted by Crippen LogP contribution is -2.42. The Bertz CT molecular complexity index is 728. The molecule has 1 aromatic carbocycles. The molecular formula is C19H26N4O2. The van der Waals surface area contributed by atoms with E-state index < -0.39 is 0 Å². The van der Waals surface area contributed by atoms with E-state index in [1.54, 1.807) is 11.8 Å². The number of piperidine rings is 1. The normalized spacial score (nSPS) is 20.6. The Labute approximate surface area is 148 Å². The Morgan fingerprint density at radius 3 is 2.44 bits per heavy atom. The number of hydrogen-bond donors (Lipinski definition) is 0. The van der Waals surface area contributed by atoms with Crippen LogP contribution < -0.4 is 4.74 Å². The van der Waals surface area contributed by atoms with Gasteiger partial charge in [0.1, 0.15) is 0 Å². The van der Waals surface area contributed by atoms with Crippen molar-refractivity contribution in [1.82, 2.24) is 19.9 Å². The molecule has 0 N–H and O–H groups in total. The highest BCUT2D eigenvalue weighted by Gasteiger charge is 2.30. The van der Waals surface area contributed by atoms with Crippen molar-refractivity contribution < 1.29 is 9.53 Å². The molecule has 6 nitrogen and oxygen atoms in total. The van der Waals surface area contributed by atoms with Crippen LogP contribution in [-0.4, -0.2) is 46.0 Å². The highest BCUT2D eigenvalue weighted by molar-refractivity contribution is 5.94. The van der Waals surface area contributed by atoms with Crippen molar-refractivity contribution in [2.45, 2.75) is 33.7 Å². The summed E-state index contributed by atoms with van der Waals surface area (Å²) in [6.45, 7) is 8.46. The van der Waals surface area contributed by atoms with E-state index in [1.165, 1.54) is 5.56 Å². The van der Waals surface area contributed by atoms with Gasteiger partial charge in [-0.2, -0.15) is 0 Å². The van der Waals surface area contributed by atoms with Gasteiger partial charge in [0.05, 0.1) is 13.7 Å². The zero-order chi connectivity index (χ0) is 18.0. The Kier molecular flexibility index (Phi) is 5.06. The zero-order valence-corrected chi connectivity index (χ0v) is 15.4. The van der Waals surface area contributed by atoms with Crippen molar-refractivity contribution in [2.75, 3.05) is 20.2 Å². The second-order valence-corrected chi connectivity index (χ2v) is 7.25. The first-order chi connectivity index (χ1) is 12.0. The van der Waals surface area contributed by atoms with Crippen molar-refractivity contribution >= 4 is 5.91 Å². The minimum Gasteiger partial charge on any atom is -0.479 e. The van der Waals surface area contributed by atoms with Crippen LogP contribution in [-0.2, 0) is 6.54 Å². The van der Waals surface area contributed by atoms with Crippen LogP contribution in [0.2, 0.25) is 0 Å². The molecule has 1 amide bonds. The molecule has 0 spiro atoms. The van der Waals surface area contributed by atoms with Crippen LogP contribution in [0, 0.1) is 18.8 Å². The van der Waals surface area contributed by atoms with Gasteiger partial charge in [0.2, 0.25) is 11.6 Å². The summed E-state index contributed by atoms with van der Waals surface area (Å²) in [5.74, 6) is 1.34. The van der Waals surface area contributed by atoms with Gasteiger partial charge >= 0.3 is 0 Å². The topological polar surface area (TPSA) is 60.2 Å². The molecule has 1 aliphatic rings. The van der Waals surface area contributed by atoms with Gasteiger partial charge in [-0.1, -0.05) is 48.9 Å². The summed E-state index contributed by atoms with van der Waals surface area (Å²) >= 11 is 0. The van der Waals surface area contributed by atoms with Crippen LogP contribution in [0.4, 0.5) is 0 Å². The Morgan fingerprint density at radius 1 is 1.20 bits per heavy atom. The fourth-order valence-corrected chi connectivity index (χ4v) is 3.59. The van der Waals surface area contributed by atoms with E-state index in [9.17, 15) is 4.79 Å². The molecule has 2 atom stereocenters. The SMILES string of the molecule is COc1c(C(=O)N2C[C@@H](C)C[C@H](C)C2)nnn1Cc1ccc(C)cc1. The first kappa shape index (κ1) is 17.5. The average Bonchev–Trinajstić information content (AvgIpc) is 2.98. The number of likely N-dealkylation sites (tertiary alicyclic amines) is 1. The Hall–Kier alpha value is -2.37. The fraction of sp³-hybridized carbons (Fsp3) is 0.526. The minimum atomic E-state index is -0.0922. The van der Waals surface area contributed by atoms with E-state index in [0.29, 0.717) is 30.0 Å². The highest BCUT2D eigenvalue weighted by Crippen LogP contribution is 2.25. The molecule has 0 radical (unpaired) electrons. The van der Waals surface area contributed by atoms with E-state index in [2.05, 4.69) is 43.2 Å². The van der Waals surface area contributed by atoms with E-state index in [1.807, 2.05) is 17.0 Å². The van der Waals surface area contributed by atoms with Crippen molar-refractivity contribution in [1.29, 1.82) is 0 Å². The molecule has 0 bridgehead atoms. The summed E-state index contributed by atoms with van der Waals surface area (Å²) in [6.07, 6.45) is 1.15. The van der Waals surface area contributed by atoms with Gasteiger partial charge in [-0.05, 0) is 30.7 Å². The number of methoxy groups -OCH3 is 1. The van der Waals surface area contributed by atoms with Crippen molar-refractivity contribution in [3.05, 3.63) is 41.1 Å². The maximum Gasteiger partial charge on any atom is 0.280 e. The lowest BCUT2D eigenvalue weighted by atomic mass is 9.92. The van der Waals surface area contributed by atoms with E-state index in [4.69, 9.17) is 4.74 Å². The van der Waals surface area contributed by atoms with Gasteiger partial charge in [-0.25, -0.2) is 4.68 Å². The number of aryl methyl sites for hydroxylation is 1.